The van der Waals surface area contributed by atoms with E-state index in [1.807, 2.05) is 24.3 Å². The van der Waals surface area contributed by atoms with E-state index in [9.17, 15) is 18.5 Å². The molecule has 0 bridgehead atoms. The number of carboxylic acids is 1. The van der Waals surface area contributed by atoms with Crippen LogP contribution in [0.5, 0.6) is 0 Å². The highest BCUT2D eigenvalue weighted by Gasteiger charge is 2.33. The third kappa shape index (κ3) is 5.10. The van der Waals surface area contributed by atoms with Gasteiger partial charge in [0.25, 0.3) is 0 Å². The summed E-state index contributed by atoms with van der Waals surface area (Å²) in [6, 6.07) is 18.2. The van der Waals surface area contributed by atoms with Crippen LogP contribution < -0.4 is 5.14 Å². The van der Waals surface area contributed by atoms with Crippen LogP contribution in [0.3, 0.4) is 0 Å². The van der Waals surface area contributed by atoms with Gasteiger partial charge < -0.3 is 5.11 Å². The average Bonchev–Trinajstić information content (AvgIpc) is 3.53. The van der Waals surface area contributed by atoms with Gasteiger partial charge in [0.1, 0.15) is 11.6 Å². The number of nitrogens with zero attached hydrogens (tertiary/aromatic N) is 3. The zero-order chi connectivity index (χ0) is 28.0. The first-order valence-electron chi connectivity index (χ1n) is 12.5. The maximum Gasteiger partial charge on any atom is 0.355 e. The van der Waals surface area contributed by atoms with Gasteiger partial charge in [-0.3, -0.25) is 0 Å². The molecular weight excluding hydrogens is 554 g/mol. The van der Waals surface area contributed by atoms with Gasteiger partial charge in [0.15, 0.2) is 21.6 Å². The molecule has 11 heteroatoms. The summed E-state index contributed by atoms with van der Waals surface area (Å²) in [5.74, 6) is -1.80. The number of halogens is 2. The SMILES string of the molecule is N[SH+](=O)c1ccc(Cc2c(C3CC3)nn(-c3nc(C(=O)O)cs3)c2-c2cccc(-c3ccc(F)cc3)c2)c(F)c1. The molecule has 3 aromatic carbocycles. The number of thiol groups is 1. The molecule has 7 nitrogen and oxygen atoms in total. The number of aromatic carboxylic acids is 1. The highest BCUT2D eigenvalue weighted by molar-refractivity contribution is 7.82. The Morgan fingerprint density at radius 2 is 1.80 bits per heavy atom. The molecule has 0 amide bonds. The molecule has 0 spiro atoms. The van der Waals surface area contributed by atoms with E-state index in [4.69, 9.17) is 10.2 Å². The Bertz CT molecular complexity index is 1780. The van der Waals surface area contributed by atoms with Crippen molar-refractivity contribution in [2.24, 2.45) is 5.14 Å². The van der Waals surface area contributed by atoms with E-state index in [0.29, 0.717) is 16.4 Å². The number of hydrogen-bond acceptors (Lipinski definition) is 5. The second-order valence-corrected chi connectivity index (χ2v) is 11.6. The van der Waals surface area contributed by atoms with Gasteiger partial charge in [-0.25, -0.2) is 23.2 Å². The molecule has 1 aliphatic carbocycles. The summed E-state index contributed by atoms with van der Waals surface area (Å²) >= 11 is 1.16. The fourth-order valence-electron chi connectivity index (χ4n) is 4.72. The Hall–Kier alpha value is -4.06. The number of rotatable bonds is 8. The van der Waals surface area contributed by atoms with E-state index in [1.54, 1.807) is 28.9 Å². The molecule has 202 valence electrons. The lowest BCUT2D eigenvalue weighted by molar-refractivity contribution is 0.0691. The predicted octanol–water partition coefficient (Wildman–Crippen LogP) is 6.04. The molecule has 0 saturated heterocycles. The van der Waals surface area contributed by atoms with Crippen molar-refractivity contribution in [1.29, 1.82) is 0 Å². The molecule has 3 N–H and O–H groups in total. The van der Waals surface area contributed by atoms with Gasteiger partial charge in [-0.05, 0) is 53.8 Å². The summed E-state index contributed by atoms with van der Waals surface area (Å²) in [7, 11) is -2.17. The second kappa shape index (κ2) is 10.5. The first kappa shape index (κ1) is 26.2. The standard InChI is InChI=1S/C29H22F2N4O3S2/c30-21-9-6-16(7-10-21)18-2-1-3-20(12-18)27-23(13-19-8-11-22(40(32)38)14-24(19)31)26(17-4-5-17)34-35(27)29-33-25(15-39-29)28(36)37/h1-3,6-12,14-15,17H,4-5,13H2,(H2,32,38)(H,36,37)/p+1. The van der Waals surface area contributed by atoms with E-state index >= 15 is 4.39 Å². The summed E-state index contributed by atoms with van der Waals surface area (Å²) in [4.78, 5) is 16.1. The van der Waals surface area contributed by atoms with Crippen LogP contribution in [0.4, 0.5) is 8.78 Å². The first-order valence-corrected chi connectivity index (χ1v) is 14.7. The van der Waals surface area contributed by atoms with Crippen LogP contribution in [-0.4, -0.2) is 25.8 Å². The van der Waals surface area contributed by atoms with Crippen molar-refractivity contribution in [2.45, 2.75) is 30.1 Å². The molecule has 1 aliphatic rings. The van der Waals surface area contributed by atoms with Gasteiger partial charge in [-0.2, -0.15) is 5.10 Å². The topological polar surface area (TPSA) is 111 Å². The van der Waals surface area contributed by atoms with Crippen molar-refractivity contribution in [1.82, 2.24) is 14.8 Å². The van der Waals surface area contributed by atoms with Gasteiger partial charge in [0, 0.05) is 34.9 Å². The summed E-state index contributed by atoms with van der Waals surface area (Å²) in [5.41, 5.74) is 5.01. The van der Waals surface area contributed by atoms with E-state index in [0.717, 1.165) is 52.1 Å². The molecule has 1 saturated carbocycles. The van der Waals surface area contributed by atoms with Crippen LogP contribution in [0.15, 0.2) is 77.0 Å². The molecule has 1 fully saturated rings. The lowest BCUT2D eigenvalue weighted by Crippen LogP contribution is -2.04. The number of nitrogens with two attached hydrogens (primary N) is 1. The third-order valence-electron chi connectivity index (χ3n) is 6.84. The second-order valence-electron chi connectivity index (χ2n) is 9.58. The Kier molecular flexibility index (Phi) is 6.87. The van der Waals surface area contributed by atoms with Crippen molar-refractivity contribution < 1.29 is 22.9 Å². The molecule has 5 aromatic rings. The summed E-state index contributed by atoms with van der Waals surface area (Å²) < 4.78 is 42.1. The molecular formula is C29H23F2N4O3S2+. The maximum atomic E-state index is 15.2. The first-order chi connectivity index (χ1) is 19.3. The zero-order valence-corrected chi connectivity index (χ0v) is 22.6. The fourth-order valence-corrected chi connectivity index (χ4v) is 5.93. The largest absolute Gasteiger partial charge is 0.476 e. The predicted molar refractivity (Wildman–Crippen MR) is 150 cm³/mol. The minimum absolute atomic E-state index is 0.0893. The number of thiazole rings is 1. The molecule has 1 atom stereocenters. The van der Waals surface area contributed by atoms with Crippen molar-refractivity contribution in [3.05, 3.63) is 106 Å². The number of hydrogen-bond donors (Lipinski definition) is 2. The van der Waals surface area contributed by atoms with E-state index < -0.39 is 22.8 Å². The molecule has 2 aromatic heterocycles. The smallest absolute Gasteiger partial charge is 0.355 e. The number of benzene rings is 3. The monoisotopic (exact) mass is 577 g/mol. The van der Waals surface area contributed by atoms with E-state index in [-0.39, 0.29) is 28.7 Å². The van der Waals surface area contributed by atoms with Crippen LogP contribution in [-0.2, 0) is 21.6 Å². The fraction of sp³-hybridized carbons (Fsp3) is 0.138. The normalized spacial score (nSPS) is 13.9. The number of carbonyl (C=O) groups is 1. The Labute approximate surface area is 234 Å². The average molecular weight is 578 g/mol. The van der Waals surface area contributed by atoms with Gasteiger partial charge in [0.05, 0.1) is 11.4 Å². The van der Waals surface area contributed by atoms with Crippen LogP contribution in [0, 0.1) is 11.6 Å². The van der Waals surface area contributed by atoms with Crippen LogP contribution >= 0.6 is 11.3 Å². The third-order valence-corrected chi connectivity index (χ3v) is 8.45. The minimum atomic E-state index is -2.17. The van der Waals surface area contributed by atoms with Crippen molar-refractivity contribution in [3.63, 3.8) is 0 Å². The highest BCUT2D eigenvalue weighted by atomic mass is 32.2. The van der Waals surface area contributed by atoms with E-state index in [2.05, 4.69) is 4.98 Å². The Morgan fingerprint density at radius 3 is 2.45 bits per heavy atom. The summed E-state index contributed by atoms with van der Waals surface area (Å²) in [6.07, 6.45) is 2.07. The quantitative estimate of drug-likeness (QED) is 0.173. The maximum absolute atomic E-state index is 15.2. The van der Waals surface area contributed by atoms with Gasteiger partial charge >= 0.3 is 5.97 Å². The Morgan fingerprint density at radius 1 is 1.05 bits per heavy atom. The van der Waals surface area contributed by atoms with Crippen molar-refractivity contribution >= 4 is 28.3 Å². The van der Waals surface area contributed by atoms with Crippen LogP contribution in [0.25, 0.3) is 27.5 Å². The molecule has 6 rings (SSSR count). The molecule has 2 heterocycles. The van der Waals surface area contributed by atoms with E-state index in [1.165, 1.54) is 23.6 Å². The van der Waals surface area contributed by atoms with Gasteiger partial charge in [-0.15, -0.1) is 16.5 Å². The Balaban J connectivity index is 1.55. The number of aromatic nitrogens is 3. The van der Waals surface area contributed by atoms with Gasteiger partial charge in [-0.1, -0.05) is 40.6 Å². The van der Waals surface area contributed by atoms with Crippen molar-refractivity contribution in [3.8, 4) is 27.5 Å². The molecule has 40 heavy (non-hydrogen) atoms. The summed E-state index contributed by atoms with van der Waals surface area (Å²) in [6.45, 7) is 0. The zero-order valence-electron chi connectivity index (χ0n) is 20.9. The highest BCUT2D eigenvalue weighted by Crippen LogP contribution is 2.45. The molecule has 0 radical (unpaired) electrons. The summed E-state index contributed by atoms with van der Waals surface area (Å²) in [5, 5.41) is 21.7. The van der Waals surface area contributed by atoms with Crippen LogP contribution in [0.1, 0.15) is 46.1 Å². The van der Waals surface area contributed by atoms with Crippen molar-refractivity contribution in [2.75, 3.05) is 0 Å². The lowest BCUT2D eigenvalue weighted by atomic mass is 9.95. The lowest BCUT2D eigenvalue weighted by Gasteiger charge is -2.11. The molecule has 1 unspecified atom stereocenters. The van der Waals surface area contributed by atoms with Crippen LogP contribution in [0.2, 0.25) is 0 Å². The molecule has 0 aliphatic heterocycles. The van der Waals surface area contributed by atoms with Gasteiger partial charge in [0.2, 0.25) is 5.13 Å². The number of carboxylic acid groups (broad SMARTS) is 1. The minimum Gasteiger partial charge on any atom is -0.476 e.